The summed E-state index contributed by atoms with van der Waals surface area (Å²) >= 11 is 0. The molecule has 1 aromatic heterocycles. The quantitative estimate of drug-likeness (QED) is 0.460. The summed E-state index contributed by atoms with van der Waals surface area (Å²) < 4.78 is 5.45. The van der Waals surface area contributed by atoms with Gasteiger partial charge in [0.1, 0.15) is 5.82 Å². The topological polar surface area (TPSA) is 124 Å². The average molecular weight is 530 g/mol. The van der Waals surface area contributed by atoms with Crippen molar-refractivity contribution in [2.45, 2.75) is 26.6 Å². The summed E-state index contributed by atoms with van der Waals surface area (Å²) in [4.78, 5) is 47.4. The predicted octanol–water partition coefficient (Wildman–Crippen LogP) is 3.55. The van der Waals surface area contributed by atoms with Gasteiger partial charge in [-0.05, 0) is 60.9 Å². The number of methoxy groups -OCH3 is 1. The molecule has 0 saturated carbocycles. The van der Waals surface area contributed by atoms with Crippen LogP contribution in [0.1, 0.15) is 29.8 Å². The molecule has 2 fully saturated rings. The predicted molar refractivity (Wildman–Crippen MR) is 148 cm³/mol. The number of primary amides is 1. The molecule has 39 heavy (non-hydrogen) atoms. The van der Waals surface area contributed by atoms with E-state index in [0.717, 1.165) is 16.7 Å². The standard InChI is InChI=1S/C28H31N7O4/c1-4-22-23(18-9-11-20(12-10-18)35-26(39-3)31-34(5-2)28(35)38)13-14-30-25(22)33-16-15-32(27(33)37)21-8-6-7-19(17-21)24(29)36/h6-14,17,26,31H,4-5,15-16H2,1-3H3,(H2,29,36). The minimum absolute atomic E-state index is 0.184. The van der Waals surface area contributed by atoms with E-state index in [1.165, 1.54) is 5.01 Å². The lowest BCUT2D eigenvalue weighted by Gasteiger charge is -2.23. The van der Waals surface area contributed by atoms with E-state index in [0.29, 0.717) is 48.8 Å². The molecule has 1 unspecified atom stereocenters. The van der Waals surface area contributed by atoms with Crippen molar-refractivity contribution in [2.75, 3.05) is 41.4 Å². The van der Waals surface area contributed by atoms with Crippen molar-refractivity contribution >= 4 is 35.2 Å². The lowest BCUT2D eigenvalue weighted by Crippen LogP contribution is -2.39. The van der Waals surface area contributed by atoms with Crippen molar-refractivity contribution in [3.8, 4) is 11.1 Å². The van der Waals surface area contributed by atoms with Crippen molar-refractivity contribution in [3.05, 3.63) is 71.9 Å². The van der Waals surface area contributed by atoms with E-state index in [4.69, 9.17) is 10.5 Å². The fourth-order valence-electron chi connectivity index (χ4n) is 5.04. The highest BCUT2D eigenvalue weighted by Crippen LogP contribution is 2.34. The third-order valence-electron chi connectivity index (χ3n) is 7.03. The van der Waals surface area contributed by atoms with E-state index in [1.54, 1.807) is 52.3 Å². The molecule has 2 aromatic carbocycles. The van der Waals surface area contributed by atoms with Crippen LogP contribution < -0.4 is 25.9 Å². The molecular formula is C28H31N7O4. The first-order valence-corrected chi connectivity index (χ1v) is 12.8. The monoisotopic (exact) mass is 529 g/mol. The zero-order chi connectivity index (χ0) is 27.7. The van der Waals surface area contributed by atoms with Gasteiger partial charge in [-0.1, -0.05) is 25.1 Å². The highest BCUT2D eigenvalue weighted by atomic mass is 16.5. The van der Waals surface area contributed by atoms with Gasteiger partial charge in [-0.3, -0.25) is 24.5 Å². The second kappa shape index (κ2) is 10.7. The highest BCUT2D eigenvalue weighted by Gasteiger charge is 2.37. The first-order chi connectivity index (χ1) is 18.9. The zero-order valence-corrected chi connectivity index (χ0v) is 22.1. The van der Waals surface area contributed by atoms with Gasteiger partial charge in [-0.2, -0.15) is 5.43 Å². The second-order valence-electron chi connectivity index (χ2n) is 9.18. The minimum Gasteiger partial charge on any atom is -0.366 e. The molecule has 5 rings (SSSR count). The van der Waals surface area contributed by atoms with Crippen LogP contribution in [-0.4, -0.2) is 61.1 Å². The number of hydrogen-bond donors (Lipinski definition) is 2. The number of urea groups is 2. The molecule has 2 saturated heterocycles. The Hall–Kier alpha value is -4.48. The number of hydrogen-bond acceptors (Lipinski definition) is 6. The van der Waals surface area contributed by atoms with Crippen molar-refractivity contribution in [3.63, 3.8) is 0 Å². The smallest absolute Gasteiger partial charge is 0.342 e. The van der Waals surface area contributed by atoms with Crippen LogP contribution in [0.5, 0.6) is 0 Å². The van der Waals surface area contributed by atoms with Crippen LogP contribution >= 0.6 is 0 Å². The molecule has 0 spiro atoms. The molecule has 202 valence electrons. The van der Waals surface area contributed by atoms with E-state index < -0.39 is 12.3 Å². The Balaban J connectivity index is 1.43. The Morgan fingerprint density at radius 1 is 1.03 bits per heavy atom. The summed E-state index contributed by atoms with van der Waals surface area (Å²) in [5.41, 5.74) is 13.0. The number of carbonyl (C=O) groups excluding carboxylic acids is 3. The number of anilines is 3. The van der Waals surface area contributed by atoms with E-state index in [-0.39, 0.29) is 12.1 Å². The molecule has 2 aliphatic rings. The lowest BCUT2D eigenvalue weighted by molar-refractivity contribution is 0.0599. The van der Waals surface area contributed by atoms with Gasteiger partial charge >= 0.3 is 12.1 Å². The Morgan fingerprint density at radius 3 is 2.44 bits per heavy atom. The van der Waals surface area contributed by atoms with Crippen molar-refractivity contribution in [1.29, 1.82) is 0 Å². The maximum atomic E-state index is 13.5. The van der Waals surface area contributed by atoms with Gasteiger partial charge in [0.2, 0.25) is 12.3 Å². The lowest BCUT2D eigenvalue weighted by atomic mass is 9.98. The Morgan fingerprint density at radius 2 is 1.77 bits per heavy atom. The molecule has 11 heteroatoms. The Kier molecular flexibility index (Phi) is 7.18. The molecule has 3 heterocycles. The van der Waals surface area contributed by atoms with E-state index in [2.05, 4.69) is 10.4 Å². The molecule has 5 amide bonds. The number of nitrogens with one attached hydrogen (secondary N) is 1. The zero-order valence-electron chi connectivity index (χ0n) is 22.1. The number of benzene rings is 2. The number of carbonyl (C=O) groups is 3. The fourth-order valence-corrected chi connectivity index (χ4v) is 5.04. The minimum atomic E-state index is -0.588. The van der Waals surface area contributed by atoms with Crippen LogP contribution in [0.2, 0.25) is 0 Å². The summed E-state index contributed by atoms with van der Waals surface area (Å²) in [6, 6.07) is 16.0. The number of hydrazine groups is 1. The number of pyridine rings is 1. The molecule has 0 aliphatic carbocycles. The number of nitrogens with two attached hydrogens (primary N) is 1. The van der Waals surface area contributed by atoms with Crippen molar-refractivity contribution < 1.29 is 19.1 Å². The van der Waals surface area contributed by atoms with Gasteiger partial charge in [0.05, 0.1) is 0 Å². The second-order valence-corrected chi connectivity index (χ2v) is 9.18. The third-order valence-corrected chi connectivity index (χ3v) is 7.03. The van der Waals surface area contributed by atoms with Crippen LogP contribution in [-0.2, 0) is 11.2 Å². The third kappa shape index (κ3) is 4.66. The number of ether oxygens (including phenoxy) is 1. The Labute approximate surface area is 226 Å². The summed E-state index contributed by atoms with van der Waals surface area (Å²) in [5.74, 6) is 0.0642. The number of aromatic nitrogens is 1. The molecule has 3 aromatic rings. The molecule has 3 N–H and O–H groups in total. The van der Waals surface area contributed by atoms with Gasteiger partial charge < -0.3 is 10.5 Å². The van der Waals surface area contributed by atoms with E-state index in [1.807, 2.05) is 44.2 Å². The molecule has 0 bridgehead atoms. The van der Waals surface area contributed by atoms with Gasteiger partial charge in [-0.25, -0.2) is 14.6 Å². The number of amides is 5. The molecule has 1 atom stereocenters. The van der Waals surface area contributed by atoms with Crippen LogP contribution in [0.15, 0.2) is 60.8 Å². The molecule has 0 radical (unpaired) electrons. The largest absolute Gasteiger partial charge is 0.366 e. The first-order valence-electron chi connectivity index (χ1n) is 12.8. The number of rotatable bonds is 8. The average Bonchev–Trinajstić information content (AvgIpc) is 3.51. The first kappa shape index (κ1) is 26.1. The van der Waals surface area contributed by atoms with Gasteiger partial charge in [-0.15, -0.1) is 0 Å². The highest BCUT2D eigenvalue weighted by molar-refractivity contribution is 6.07. The van der Waals surface area contributed by atoms with E-state index >= 15 is 0 Å². The summed E-state index contributed by atoms with van der Waals surface area (Å²) in [6.07, 6.45) is 1.78. The van der Waals surface area contributed by atoms with Crippen LogP contribution in [0.3, 0.4) is 0 Å². The van der Waals surface area contributed by atoms with Gasteiger partial charge in [0.25, 0.3) is 0 Å². The maximum absolute atomic E-state index is 13.5. The van der Waals surface area contributed by atoms with Crippen LogP contribution in [0.25, 0.3) is 11.1 Å². The summed E-state index contributed by atoms with van der Waals surface area (Å²) in [5, 5.41) is 1.51. The number of nitrogens with zero attached hydrogens (tertiary/aromatic N) is 5. The molecule has 11 nitrogen and oxygen atoms in total. The SMILES string of the molecule is CCc1c(-c2ccc(N3C(=O)N(CC)NC3OC)cc2)ccnc1N1CCN(c2cccc(C(N)=O)c2)C1=O. The maximum Gasteiger partial charge on any atom is 0.342 e. The van der Waals surface area contributed by atoms with E-state index in [9.17, 15) is 14.4 Å². The Bertz CT molecular complexity index is 1410. The molecular weight excluding hydrogens is 498 g/mol. The summed E-state index contributed by atoms with van der Waals surface area (Å²) in [7, 11) is 1.55. The van der Waals surface area contributed by atoms with Crippen LogP contribution in [0.4, 0.5) is 26.8 Å². The normalized spacial score (nSPS) is 17.5. The fraction of sp³-hybridized carbons (Fsp3) is 0.286. The van der Waals surface area contributed by atoms with Gasteiger partial charge in [0.15, 0.2) is 0 Å². The van der Waals surface area contributed by atoms with Gasteiger partial charge in [0, 0.05) is 55.4 Å². The molecule has 2 aliphatic heterocycles. The van der Waals surface area contributed by atoms with Crippen molar-refractivity contribution in [2.24, 2.45) is 5.73 Å². The summed E-state index contributed by atoms with van der Waals surface area (Å²) in [6.45, 7) is 5.34. The van der Waals surface area contributed by atoms with Crippen molar-refractivity contribution in [1.82, 2.24) is 15.4 Å². The van der Waals surface area contributed by atoms with Crippen LogP contribution in [0, 0.1) is 0 Å².